The molecule has 0 amide bonds. The smallest absolute Gasteiger partial charge is 0.175 e. The molecule has 2 heterocycles. The van der Waals surface area contributed by atoms with Gasteiger partial charge in [0.25, 0.3) is 0 Å². The van der Waals surface area contributed by atoms with Crippen LogP contribution in [0.25, 0.3) is 22.1 Å². The third kappa shape index (κ3) is 3.25. The van der Waals surface area contributed by atoms with Gasteiger partial charge in [0.1, 0.15) is 0 Å². The molecule has 0 spiro atoms. The minimum absolute atomic E-state index is 0.452. The number of aryl methyl sites for hydroxylation is 1. The topological polar surface area (TPSA) is 58.5 Å². The molecule has 0 radical (unpaired) electrons. The Morgan fingerprint density at radius 1 is 1.12 bits per heavy atom. The normalized spacial score (nSPS) is 16.6. The van der Waals surface area contributed by atoms with Crippen molar-refractivity contribution in [3.05, 3.63) is 47.5 Å². The highest BCUT2D eigenvalue weighted by molar-refractivity contribution is 6.00. The van der Waals surface area contributed by atoms with Crippen molar-refractivity contribution in [3.63, 3.8) is 0 Å². The Hall–Kier alpha value is -2.37. The maximum atomic E-state index is 6.04. The Morgan fingerprint density at radius 3 is 2.72 bits per heavy atom. The SMILES string of the molecule is Cc1cc(CN2CCN(C)CC2)cc(-c2cccc3onc(N)c23)c1. The van der Waals surface area contributed by atoms with E-state index in [1.165, 1.54) is 16.7 Å². The first kappa shape index (κ1) is 16.1. The van der Waals surface area contributed by atoms with Crippen LogP contribution in [0.5, 0.6) is 0 Å². The van der Waals surface area contributed by atoms with Crippen LogP contribution in [0.3, 0.4) is 0 Å². The molecule has 2 N–H and O–H groups in total. The fourth-order valence-corrected chi connectivity index (χ4v) is 3.63. The summed E-state index contributed by atoms with van der Waals surface area (Å²) in [5.74, 6) is 0.452. The second kappa shape index (κ2) is 6.50. The predicted molar refractivity (Wildman–Crippen MR) is 101 cm³/mol. The van der Waals surface area contributed by atoms with Gasteiger partial charge < -0.3 is 15.2 Å². The van der Waals surface area contributed by atoms with E-state index >= 15 is 0 Å². The van der Waals surface area contributed by atoms with E-state index < -0.39 is 0 Å². The van der Waals surface area contributed by atoms with Crippen molar-refractivity contribution >= 4 is 16.8 Å². The van der Waals surface area contributed by atoms with E-state index in [2.05, 4.69) is 53.2 Å². The number of nitrogens with two attached hydrogens (primary N) is 1. The quantitative estimate of drug-likeness (QED) is 0.796. The zero-order valence-corrected chi connectivity index (χ0v) is 14.8. The van der Waals surface area contributed by atoms with Gasteiger partial charge in [0.2, 0.25) is 0 Å². The number of anilines is 1. The lowest BCUT2D eigenvalue weighted by molar-refractivity contribution is 0.148. The van der Waals surface area contributed by atoms with E-state index in [4.69, 9.17) is 10.3 Å². The van der Waals surface area contributed by atoms with Crippen molar-refractivity contribution in [2.24, 2.45) is 0 Å². The average molecular weight is 336 g/mol. The molecule has 1 saturated heterocycles. The van der Waals surface area contributed by atoms with Crippen molar-refractivity contribution in [2.45, 2.75) is 13.5 Å². The number of benzene rings is 2. The average Bonchev–Trinajstić information content (AvgIpc) is 2.98. The molecule has 5 heteroatoms. The molecular formula is C20H24N4O. The van der Waals surface area contributed by atoms with Crippen LogP contribution in [0.4, 0.5) is 5.82 Å². The number of nitrogens with zero attached hydrogens (tertiary/aromatic N) is 3. The summed E-state index contributed by atoms with van der Waals surface area (Å²) in [6.07, 6.45) is 0. The number of hydrogen-bond donors (Lipinski definition) is 1. The summed E-state index contributed by atoms with van der Waals surface area (Å²) >= 11 is 0. The Morgan fingerprint density at radius 2 is 1.92 bits per heavy atom. The van der Waals surface area contributed by atoms with Gasteiger partial charge in [-0.3, -0.25) is 4.90 Å². The fourth-order valence-electron chi connectivity index (χ4n) is 3.63. The fraction of sp³-hybridized carbons (Fsp3) is 0.350. The van der Waals surface area contributed by atoms with Gasteiger partial charge in [-0.2, -0.15) is 0 Å². The van der Waals surface area contributed by atoms with Crippen LogP contribution in [0.2, 0.25) is 0 Å². The van der Waals surface area contributed by atoms with Crippen LogP contribution < -0.4 is 5.73 Å². The minimum atomic E-state index is 0.452. The third-order valence-electron chi connectivity index (χ3n) is 4.97. The summed E-state index contributed by atoms with van der Waals surface area (Å²) in [5, 5.41) is 4.82. The number of aromatic nitrogens is 1. The minimum Gasteiger partial charge on any atom is -0.380 e. The first-order valence-corrected chi connectivity index (χ1v) is 8.76. The van der Waals surface area contributed by atoms with Gasteiger partial charge in [-0.15, -0.1) is 0 Å². The van der Waals surface area contributed by atoms with E-state index in [1.54, 1.807) is 0 Å². The molecule has 1 aliphatic rings. The summed E-state index contributed by atoms with van der Waals surface area (Å²) in [6, 6.07) is 12.7. The molecule has 0 saturated carbocycles. The summed E-state index contributed by atoms with van der Waals surface area (Å²) in [7, 11) is 2.19. The van der Waals surface area contributed by atoms with Crippen LogP contribution in [0.15, 0.2) is 40.9 Å². The van der Waals surface area contributed by atoms with Gasteiger partial charge in [-0.1, -0.05) is 35.0 Å². The molecular weight excluding hydrogens is 312 g/mol. The van der Waals surface area contributed by atoms with Gasteiger partial charge in [-0.25, -0.2) is 0 Å². The summed E-state index contributed by atoms with van der Waals surface area (Å²) in [5.41, 5.74) is 11.6. The number of nitrogen functional groups attached to an aromatic ring is 1. The molecule has 1 aromatic heterocycles. The van der Waals surface area contributed by atoms with E-state index in [0.717, 1.165) is 49.3 Å². The van der Waals surface area contributed by atoms with Gasteiger partial charge in [-0.05, 0) is 42.8 Å². The Kier molecular flexibility index (Phi) is 4.19. The predicted octanol–water partition coefficient (Wildman–Crippen LogP) is 3.13. The summed E-state index contributed by atoms with van der Waals surface area (Å²) in [6.45, 7) is 7.64. The highest BCUT2D eigenvalue weighted by atomic mass is 16.5. The van der Waals surface area contributed by atoms with Crippen LogP contribution in [0, 0.1) is 6.92 Å². The highest BCUT2D eigenvalue weighted by Gasteiger charge is 2.16. The van der Waals surface area contributed by atoms with Gasteiger partial charge in [0, 0.05) is 32.7 Å². The molecule has 2 aromatic carbocycles. The van der Waals surface area contributed by atoms with Crippen molar-refractivity contribution in [3.8, 4) is 11.1 Å². The highest BCUT2D eigenvalue weighted by Crippen LogP contribution is 2.33. The lowest BCUT2D eigenvalue weighted by Crippen LogP contribution is -2.43. The second-order valence-corrected chi connectivity index (χ2v) is 7.03. The number of fused-ring (bicyclic) bond motifs is 1. The molecule has 1 aliphatic heterocycles. The monoisotopic (exact) mass is 336 g/mol. The molecule has 4 rings (SSSR count). The third-order valence-corrected chi connectivity index (χ3v) is 4.97. The number of hydrogen-bond acceptors (Lipinski definition) is 5. The standard InChI is InChI=1S/C20H24N4O/c1-14-10-15(13-24-8-6-23(2)7-9-24)12-16(11-14)17-4-3-5-18-19(17)20(21)22-25-18/h3-5,10-12H,6-9,13H2,1-2H3,(H2,21,22). The van der Waals surface area contributed by atoms with Crippen molar-refractivity contribution in [1.29, 1.82) is 0 Å². The lowest BCUT2D eigenvalue weighted by Gasteiger charge is -2.32. The lowest BCUT2D eigenvalue weighted by atomic mass is 9.97. The molecule has 0 aliphatic carbocycles. The first-order valence-electron chi connectivity index (χ1n) is 8.76. The van der Waals surface area contributed by atoms with Crippen LogP contribution in [-0.4, -0.2) is 48.2 Å². The molecule has 3 aromatic rings. The number of piperazine rings is 1. The Bertz CT molecular complexity index is 894. The summed E-state index contributed by atoms with van der Waals surface area (Å²) in [4.78, 5) is 4.90. The summed E-state index contributed by atoms with van der Waals surface area (Å²) < 4.78 is 5.31. The molecule has 0 atom stereocenters. The second-order valence-electron chi connectivity index (χ2n) is 7.03. The molecule has 0 unspecified atom stereocenters. The molecule has 25 heavy (non-hydrogen) atoms. The molecule has 5 nitrogen and oxygen atoms in total. The van der Waals surface area contributed by atoms with E-state index in [0.29, 0.717) is 5.82 Å². The molecule has 1 fully saturated rings. The van der Waals surface area contributed by atoms with Crippen molar-refractivity contribution in [2.75, 3.05) is 39.0 Å². The van der Waals surface area contributed by atoms with Crippen LogP contribution >= 0.6 is 0 Å². The maximum absolute atomic E-state index is 6.04. The van der Waals surface area contributed by atoms with E-state index in [1.807, 2.05) is 12.1 Å². The Labute approximate surface area is 148 Å². The van der Waals surface area contributed by atoms with Crippen LogP contribution in [-0.2, 0) is 6.54 Å². The zero-order valence-electron chi connectivity index (χ0n) is 14.8. The van der Waals surface area contributed by atoms with Gasteiger partial charge >= 0.3 is 0 Å². The zero-order chi connectivity index (χ0) is 17.4. The molecule has 130 valence electrons. The van der Waals surface area contributed by atoms with Crippen molar-refractivity contribution < 1.29 is 4.52 Å². The first-order chi connectivity index (χ1) is 12.1. The van der Waals surface area contributed by atoms with E-state index in [9.17, 15) is 0 Å². The van der Waals surface area contributed by atoms with Gasteiger partial charge in [0.05, 0.1) is 5.39 Å². The molecule has 0 bridgehead atoms. The van der Waals surface area contributed by atoms with Gasteiger partial charge in [0.15, 0.2) is 11.4 Å². The largest absolute Gasteiger partial charge is 0.380 e. The van der Waals surface area contributed by atoms with Crippen LogP contribution in [0.1, 0.15) is 11.1 Å². The van der Waals surface area contributed by atoms with E-state index in [-0.39, 0.29) is 0 Å². The Balaban J connectivity index is 1.68. The van der Waals surface area contributed by atoms with Crippen molar-refractivity contribution in [1.82, 2.24) is 15.0 Å². The number of likely N-dealkylation sites (N-methyl/N-ethyl adjacent to an activating group) is 1. The number of rotatable bonds is 3. The maximum Gasteiger partial charge on any atom is 0.175 e.